The van der Waals surface area contributed by atoms with E-state index in [4.69, 9.17) is 24.8 Å². The van der Waals surface area contributed by atoms with Crippen LogP contribution < -0.4 is 20.0 Å². The molecule has 1 fully saturated rings. The first-order chi connectivity index (χ1) is 16.1. The summed E-state index contributed by atoms with van der Waals surface area (Å²) in [6.45, 7) is 2.71. The van der Waals surface area contributed by atoms with Crippen LogP contribution >= 0.6 is 0 Å². The number of H-pyrrole nitrogens is 1. The lowest BCUT2D eigenvalue weighted by molar-refractivity contribution is -0.118. The molecule has 5 rings (SSSR count). The van der Waals surface area contributed by atoms with Crippen molar-refractivity contribution < 1.29 is 23.8 Å². The number of morpholine rings is 1. The zero-order chi connectivity index (χ0) is 22.9. The standard InChI is InChI=1S/C25H25N3O5/c1-30-22-6-3-15(13-23(22)31-2)16-11-19-18-14-17(33-28-7-9-32-10-8-28)4-5-21(18)27-24(19)20(12-16)25(26)29/h3-6,11-14,27H,7-10H2,1-2H3,(H2,26,29). The summed E-state index contributed by atoms with van der Waals surface area (Å²) in [5.74, 6) is 1.46. The first kappa shape index (κ1) is 21.1. The van der Waals surface area contributed by atoms with Crippen molar-refractivity contribution in [1.82, 2.24) is 10.0 Å². The van der Waals surface area contributed by atoms with Crippen LogP contribution in [0.4, 0.5) is 0 Å². The summed E-state index contributed by atoms with van der Waals surface area (Å²) < 4.78 is 16.2. The number of amides is 1. The molecule has 0 atom stereocenters. The Bertz CT molecular complexity index is 1340. The van der Waals surface area contributed by atoms with Gasteiger partial charge in [0.1, 0.15) is 5.75 Å². The van der Waals surface area contributed by atoms with Gasteiger partial charge in [0, 0.05) is 16.3 Å². The lowest BCUT2D eigenvalue weighted by Crippen LogP contribution is -2.38. The molecular weight excluding hydrogens is 422 g/mol. The zero-order valence-corrected chi connectivity index (χ0v) is 18.5. The minimum absolute atomic E-state index is 0.420. The molecular formula is C25H25N3O5. The van der Waals surface area contributed by atoms with Crippen LogP contribution in [0.1, 0.15) is 10.4 Å². The van der Waals surface area contributed by atoms with Crippen LogP contribution in [-0.4, -0.2) is 56.5 Å². The molecule has 2 heterocycles. The molecule has 1 aliphatic heterocycles. The number of nitrogens with two attached hydrogens (primary N) is 1. The normalized spacial score (nSPS) is 14.5. The van der Waals surface area contributed by atoms with E-state index >= 15 is 0 Å². The van der Waals surface area contributed by atoms with E-state index in [1.165, 1.54) is 0 Å². The molecule has 4 aromatic rings. The fourth-order valence-corrected chi connectivity index (χ4v) is 4.20. The van der Waals surface area contributed by atoms with Crippen LogP contribution in [0.25, 0.3) is 32.9 Å². The molecule has 0 spiro atoms. The molecule has 3 aromatic carbocycles. The maximum absolute atomic E-state index is 12.3. The third-order valence-corrected chi connectivity index (χ3v) is 5.87. The Morgan fingerprint density at radius 2 is 1.73 bits per heavy atom. The number of hydrogen-bond acceptors (Lipinski definition) is 6. The number of benzene rings is 3. The second-order valence-corrected chi connectivity index (χ2v) is 7.85. The molecule has 1 aliphatic rings. The number of aromatic nitrogens is 1. The highest BCUT2D eigenvalue weighted by Crippen LogP contribution is 2.37. The van der Waals surface area contributed by atoms with Crippen LogP contribution in [-0.2, 0) is 4.74 Å². The number of hydroxylamine groups is 2. The van der Waals surface area contributed by atoms with Gasteiger partial charge in [-0.15, -0.1) is 5.06 Å². The second-order valence-electron chi connectivity index (χ2n) is 7.85. The number of hydrogen-bond donors (Lipinski definition) is 2. The Morgan fingerprint density at radius 3 is 2.45 bits per heavy atom. The van der Waals surface area contributed by atoms with E-state index in [1.807, 2.05) is 47.5 Å². The quantitative estimate of drug-likeness (QED) is 0.467. The first-order valence-electron chi connectivity index (χ1n) is 10.7. The van der Waals surface area contributed by atoms with Crippen LogP contribution in [0, 0.1) is 0 Å². The summed E-state index contributed by atoms with van der Waals surface area (Å²) in [6.07, 6.45) is 0. The minimum atomic E-state index is -0.501. The third-order valence-electron chi connectivity index (χ3n) is 5.87. The molecule has 0 radical (unpaired) electrons. The van der Waals surface area contributed by atoms with E-state index in [0.29, 0.717) is 48.9 Å². The number of aromatic amines is 1. The Balaban J connectivity index is 1.64. The highest BCUT2D eigenvalue weighted by molar-refractivity contribution is 6.16. The van der Waals surface area contributed by atoms with E-state index in [1.54, 1.807) is 20.3 Å². The molecule has 8 nitrogen and oxygen atoms in total. The highest BCUT2D eigenvalue weighted by atomic mass is 16.7. The molecule has 1 amide bonds. The van der Waals surface area contributed by atoms with Gasteiger partial charge in [0.25, 0.3) is 5.91 Å². The van der Waals surface area contributed by atoms with Crippen LogP contribution in [0.5, 0.6) is 17.2 Å². The molecule has 8 heteroatoms. The van der Waals surface area contributed by atoms with Crippen molar-refractivity contribution in [2.75, 3.05) is 40.5 Å². The SMILES string of the molecule is COc1ccc(-c2cc(C(N)=O)c3[nH]c4ccc(ON5CCOCC5)cc4c3c2)cc1OC. The number of ether oxygens (including phenoxy) is 3. The maximum atomic E-state index is 12.3. The number of fused-ring (bicyclic) bond motifs is 3. The molecule has 1 saturated heterocycles. The van der Waals surface area contributed by atoms with E-state index in [0.717, 1.165) is 33.2 Å². The summed E-state index contributed by atoms with van der Waals surface area (Å²) in [4.78, 5) is 21.7. The fourth-order valence-electron chi connectivity index (χ4n) is 4.20. The number of methoxy groups -OCH3 is 2. The van der Waals surface area contributed by atoms with Crippen molar-refractivity contribution in [3.05, 3.63) is 54.1 Å². The Morgan fingerprint density at radius 1 is 0.939 bits per heavy atom. The molecule has 0 saturated carbocycles. The molecule has 3 N–H and O–H groups in total. The predicted octanol–water partition coefficient (Wildman–Crippen LogP) is 3.73. The van der Waals surface area contributed by atoms with Gasteiger partial charge in [-0.05, 0) is 53.6 Å². The lowest BCUT2D eigenvalue weighted by Gasteiger charge is -2.26. The number of nitrogens with zero attached hydrogens (tertiary/aromatic N) is 1. The van der Waals surface area contributed by atoms with Gasteiger partial charge in [-0.2, -0.15) is 0 Å². The van der Waals surface area contributed by atoms with E-state index in [-0.39, 0.29) is 0 Å². The van der Waals surface area contributed by atoms with Crippen molar-refractivity contribution >= 4 is 27.7 Å². The average Bonchev–Trinajstić information content (AvgIpc) is 3.21. The average molecular weight is 447 g/mol. The summed E-state index contributed by atoms with van der Waals surface area (Å²) in [5.41, 5.74) is 9.50. The summed E-state index contributed by atoms with van der Waals surface area (Å²) >= 11 is 0. The fraction of sp³-hybridized carbons (Fsp3) is 0.240. The van der Waals surface area contributed by atoms with Crippen molar-refractivity contribution in [2.24, 2.45) is 5.73 Å². The number of primary amides is 1. The number of rotatable bonds is 6. The number of carbonyl (C=O) groups excluding carboxylic acids is 1. The van der Waals surface area contributed by atoms with Crippen molar-refractivity contribution in [2.45, 2.75) is 0 Å². The third kappa shape index (κ3) is 3.94. The highest BCUT2D eigenvalue weighted by Gasteiger charge is 2.17. The molecule has 1 aromatic heterocycles. The second kappa shape index (κ2) is 8.65. The number of nitrogens with one attached hydrogen (secondary N) is 1. The summed E-state index contributed by atoms with van der Waals surface area (Å²) in [6, 6.07) is 15.3. The monoisotopic (exact) mass is 447 g/mol. The van der Waals surface area contributed by atoms with E-state index in [2.05, 4.69) is 4.98 Å². The number of carbonyl (C=O) groups is 1. The Labute approximate surface area is 190 Å². The Hall–Kier alpha value is -3.75. The van der Waals surface area contributed by atoms with Crippen molar-refractivity contribution in [3.8, 4) is 28.4 Å². The lowest BCUT2D eigenvalue weighted by atomic mass is 9.98. The molecule has 170 valence electrons. The summed E-state index contributed by atoms with van der Waals surface area (Å²) in [7, 11) is 3.19. The van der Waals surface area contributed by atoms with E-state index in [9.17, 15) is 4.79 Å². The largest absolute Gasteiger partial charge is 0.493 e. The molecule has 0 unspecified atom stereocenters. The van der Waals surface area contributed by atoms with Gasteiger partial charge in [0.2, 0.25) is 0 Å². The topological polar surface area (TPSA) is 99.0 Å². The predicted molar refractivity (Wildman–Crippen MR) is 126 cm³/mol. The summed E-state index contributed by atoms with van der Waals surface area (Å²) in [5, 5.41) is 3.72. The van der Waals surface area contributed by atoms with Gasteiger partial charge >= 0.3 is 0 Å². The van der Waals surface area contributed by atoms with Crippen molar-refractivity contribution in [3.63, 3.8) is 0 Å². The van der Waals surface area contributed by atoms with Crippen LogP contribution in [0.3, 0.4) is 0 Å². The minimum Gasteiger partial charge on any atom is -0.493 e. The van der Waals surface area contributed by atoms with Gasteiger partial charge in [0.05, 0.1) is 51.6 Å². The van der Waals surface area contributed by atoms with Gasteiger partial charge in [0.15, 0.2) is 11.5 Å². The van der Waals surface area contributed by atoms with Crippen LogP contribution in [0.2, 0.25) is 0 Å². The molecule has 33 heavy (non-hydrogen) atoms. The van der Waals surface area contributed by atoms with Gasteiger partial charge in [-0.25, -0.2) is 0 Å². The molecule has 0 aliphatic carbocycles. The Kier molecular flexibility index (Phi) is 5.53. The van der Waals surface area contributed by atoms with Crippen molar-refractivity contribution in [1.29, 1.82) is 0 Å². The van der Waals surface area contributed by atoms with E-state index < -0.39 is 5.91 Å². The van der Waals surface area contributed by atoms with Gasteiger partial charge < -0.3 is 29.8 Å². The maximum Gasteiger partial charge on any atom is 0.250 e. The molecule has 0 bridgehead atoms. The smallest absolute Gasteiger partial charge is 0.250 e. The zero-order valence-electron chi connectivity index (χ0n) is 18.5. The van der Waals surface area contributed by atoms with Gasteiger partial charge in [-0.1, -0.05) is 6.07 Å². The van der Waals surface area contributed by atoms with Gasteiger partial charge in [-0.3, -0.25) is 4.79 Å². The first-order valence-corrected chi connectivity index (χ1v) is 10.7. The van der Waals surface area contributed by atoms with Crippen LogP contribution in [0.15, 0.2) is 48.5 Å².